The van der Waals surface area contributed by atoms with Crippen molar-refractivity contribution in [3.63, 3.8) is 0 Å². The Hall–Kier alpha value is -1.77. The van der Waals surface area contributed by atoms with Gasteiger partial charge < -0.3 is 9.73 Å². The number of benzene rings is 1. The summed E-state index contributed by atoms with van der Waals surface area (Å²) in [4.78, 5) is 11.9. The van der Waals surface area contributed by atoms with Gasteiger partial charge in [-0.3, -0.25) is 4.79 Å². The average molecular weight is 243 g/mol. The third-order valence-electron chi connectivity index (χ3n) is 3.71. The number of nitrogens with one attached hydrogen (secondary N) is 1. The second kappa shape index (κ2) is 4.48. The molecule has 1 aliphatic rings. The zero-order valence-corrected chi connectivity index (χ0v) is 10.5. The van der Waals surface area contributed by atoms with Gasteiger partial charge in [-0.05, 0) is 31.9 Å². The Morgan fingerprint density at radius 2 is 2.17 bits per heavy atom. The first-order chi connectivity index (χ1) is 8.74. The summed E-state index contributed by atoms with van der Waals surface area (Å²) >= 11 is 0. The molecule has 2 aromatic rings. The minimum atomic E-state index is -0.0644. The molecule has 0 saturated heterocycles. The first kappa shape index (κ1) is 11.3. The molecule has 3 rings (SSSR count). The number of carbonyl (C=O) groups excluding carboxylic acids is 1. The summed E-state index contributed by atoms with van der Waals surface area (Å²) in [6.45, 7) is 1.97. The molecule has 1 saturated carbocycles. The molecule has 18 heavy (non-hydrogen) atoms. The van der Waals surface area contributed by atoms with Crippen molar-refractivity contribution >= 4 is 16.9 Å². The maximum atomic E-state index is 11.9. The van der Waals surface area contributed by atoms with Crippen LogP contribution >= 0.6 is 0 Å². The van der Waals surface area contributed by atoms with Crippen LogP contribution in [0.25, 0.3) is 11.0 Å². The predicted octanol–water partition coefficient (Wildman–Crippen LogP) is 3.41. The second-order valence-electron chi connectivity index (χ2n) is 5.04. The van der Waals surface area contributed by atoms with E-state index in [9.17, 15) is 4.79 Å². The number of hydrogen-bond acceptors (Lipinski definition) is 2. The van der Waals surface area contributed by atoms with Crippen LogP contribution in [0.5, 0.6) is 0 Å². The van der Waals surface area contributed by atoms with Gasteiger partial charge in [0.25, 0.3) is 0 Å². The lowest BCUT2D eigenvalue weighted by molar-refractivity contribution is -0.128. The normalized spacial score (nSPS) is 17.4. The molecular weight excluding hydrogens is 226 g/mol. The number of hydrogen-bond donors (Lipinski definition) is 1. The summed E-state index contributed by atoms with van der Waals surface area (Å²) in [6, 6.07) is 9.83. The SMILES string of the molecule is C[C@H](NC(=O)C1CCC1)c1cc2ccccc2o1. The first-order valence-electron chi connectivity index (χ1n) is 6.53. The lowest BCUT2D eigenvalue weighted by Gasteiger charge is -2.25. The molecule has 1 heterocycles. The van der Waals surface area contributed by atoms with E-state index in [1.54, 1.807) is 0 Å². The Morgan fingerprint density at radius 3 is 2.83 bits per heavy atom. The van der Waals surface area contributed by atoms with Crippen LogP contribution in [-0.2, 0) is 4.79 Å². The van der Waals surface area contributed by atoms with E-state index >= 15 is 0 Å². The summed E-state index contributed by atoms with van der Waals surface area (Å²) in [5.41, 5.74) is 0.872. The highest BCUT2D eigenvalue weighted by atomic mass is 16.3. The molecule has 1 aromatic carbocycles. The Morgan fingerprint density at radius 1 is 1.39 bits per heavy atom. The van der Waals surface area contributed by atoms with Gasteiger partial charge in [-0.15, -0.1) is 0 Å². The largest absolute Gasteiger partial charge is 0.459 e. The second-order valence-corrected chi connectivity index (χ2v) is 5.04. The average Bonchev–Trinajstić information content (AvgIpc) is 2.69. The highest BCUT2D eigenvalue weighted by Gasteiger charge is 2.26. The molecular formula is C15H17NO2. The maximum Gasteiger partial charge on any atom is 0.223 e. The van der Waals surface area contributed by atoms with Crippen molar-refractivity contribution < 1.29 is 9.21 Å². The third-order valence-corrected chi connectivity index (χ3v) is 3.71. The van der Waals surface area contributed by atoms with Crippen LogP contribution in [0.4, 0.5) is 0 Å². The van der Waals surface area contributed by atoms with Gasteiger partial charge in [-0.1, -0.05) is 24.6 Å². The fraction of sp³-hybridized carbons (Fsp3) is 0.400. The van der Waals surface area contributed by atoms with Crippen molar-refractivity contribution in [1.29, 1.82) is 0 Å². The van der Waals surface area contributed by atoms with E-state index in [0.717, 1.165) is 29.6 Å². The van der Waals surface area contributed by atoms with Crippen molar-refractivity contribution in [3.8, 4) is 0 Å². The van der Waals surface area contributed by atoms with E-state index in [0.29, 0.717) is 0 Å². The van der Waals surface area contributed by atoms with Crippen LogP contribution in [0.15, 0.2) is 34.7 Å². The van der Waals surface area contributed by atoms with Gasteiger partial charge in [0.15, 0.2) is 0 Å². The quantitative estimate of drug-likeness (QED) is 0.897. The number of para-hydroxylation sites is 1. The highest BCUT2D eigenvalue weighted by molar-refractivity contribution is 5.80. The van der Waals surface area contributed by atoms with Crippen LogP contribution in [0, 0.1) is 5.92 Å². The lowest BCUT2D eigenvalue weighted by atomic mass is 9.84. The van der Waals surface area contributed by atoms with Gasteiger partial charge in [0, 0.05) is 11.3 Å². The van der Waals surface area contributed by atoms with E-state index in [2.05, 4.69) is 5.32 Å². The fourth-order valence-corrected chi connectivity index (χ4v) is 2.29. The van der Waals surface area contributed by atoms with E-state index in [1.807, 2.05) is 37.3 Å². The number of fused-ring (bicyclic) bond motifs is 1. The summed E-state index contributed by atoms with van der Waals surface area (Å²) in [5, 5.41) is 4.11. The zero-order valence-electron chi connectivity index (χ0n) is 10.5. The molecule has 3 heteroatoms. The molecule has 1 fully saturated rings. The molecule has 1 aliphatic carbocycles. The van der Waals surface area contributed by atoms with Gasteiger partial charge in [0.2, 0.25) is 5.91 Å². The number of furan rings is 1. The standard InChI is InChI=1S/C15H17NO2/c1-10(16-15(17)11-6-4-7-11)14-9-12-5-2-3-8-13(12)18-14/h2-3,5,8-11H,4,6-7H2,1H3,(H,16,17)/t10-/m0/s1. The molecule has 0 spiro atoms. The van der Waals surface area contributed by atoms with E-state index in [4.69, 9.17) is 4.42 Å². The molecule has 1 N–H and O–H groups in total. The van der Waals surface area contributed by atoms with Gasteiger partial charge in [0.05, 0.1) is 6.04 Å². The predicted molar refractivity (Wildman–Crippen MR) is 70.1 cm³/mol. The minimum absolute atomic E-state index is 0.0644. The summed E-state index contributed by atoms with van der Waals surface area (Å²) in [6.07, 6.45) is 3.23. The van der Waals surface area contributed by atoms with E-state index in [-0.39, 0.29) is 17.9 Å². The molecule has 0 bridgehead atoms. The number of rotatable bonds is 3. The maximum absolute atomic E-state index is 11.9. The van der Waals surface area contributed by atoms with Crippen LogP contribution in [0.1, 0.15) is 38.0 Å². The van der Waals surface area contributed by atoms with Crippen LogP contribution in [0.3, 0.4) is 0 Å². The molecule has 1 aromatic heterocycles. The minimum Gasteiger partial charge on any atom is -0.459 e. The molecule has 3 nitrogen and oxygen atoms in total. The highest BCUT2D eigenvalue weighted by Crippen LogP contribution is 2.28. The van der Waals surface area contributed by atoms with Gasteiger partial charge in [-0.2, -0.15) is 0 Å². The zero-order chi connectivity index (χ0) is 12.5. The topological polar surface area (TPSA) is 42.2 Å². The van der Waals surface area contributed by atoms with Crippen molar-refractivity contribution in [2.75, 3.05) is 0 Å². The molecule has 94 valence electrons. The summed E-state index contributed by atoms with van der Waals surface area (Å²) in [7, 11) is 0. The van der Waals surface area contributed by atoms with Gasteiger partial charge in [-0.25, -0.2) is 0 Å². The Balaban J connectivity index is 1.74. The van der Waals surface area contributed by atoms with Crippen molar-refractivity contribution in [2.45, 2.75) is 32.2 Å². The summed E-state index contributed by atoms with van der Waals surface area (Å²) < 4.78 is 5.75. The van der Waals surface area contributed by atoms with Crippen LogP contribution < -0.4 is 5.32 Å². The Labute approximate surface area is 106 Å². The molecule has 0 aliphatic heterocycles. The van der Waals surface area contributed by atoms with Crippen molar-refractivity contribution in [2.24, 2.45) is 5.92 Å². The monoisotopic (exact) mass is 243 g/mol. The lowest BCUT2D eigenvalue weighted by Crippen LogP contribution is -2.35. The number of carbonyl (C=O) groups is 1. The fourth-order valence-electron chi connectivity index (χ4n) is 2.29. The Kier molecular flexibility index (Phi) is 2.82. The molecule has 0 unspecified atom stereocenters. The molecule has 1 atom stereocenters. The third kappa shape index (κ3) is 2.01. The van der Waals surface area contributed by atoms with E-state index < -0.39 is 0 Å². The van der Waals surface area contributed by atoms with Crippen LogP contribution in [-0.4, -0.2) is 5.91 Å². The van der Waals surface area contributed by atoms with Crippen molar-refractivity contribution in [3.05, 3.63) is 36.1 Å². The van der Waals surface area contributed by atoms with Crippen molar-refractivity contribution in [1.82, 2.24) is 5.32 Å². The molecule has 1 amide bonds. The van der Waals surface area contributed by atoms with Gasteiger partial charge >= 0.3 is 0 Å². The number of amides is 1. The summed E-state index contributed by atoms with van der Waals surface area (Å²) in [5.74, 6) is 1.20. The smallest absolute Gasteiger partial charge is 0.223 e. The van der Waals surface area contributed by atoms with E-state index in [1.165, 1.54) is 6.42 Å². The molecule has 0 radical (unpaired) electrons. The first-order valence-corrected chi connectivity index (χ1v) is 6.53. The van der Waals surface area contributed by atoms with Gasteiger partial charge in [0.1, 0.15) is 11.3 Å². The van der Waals surface area contributed by atoms with Crippen LogP contribution in [0.2, 0.25) is 0 Å². The Bertz CT molecular complexity index is 536.